The molecule has 28 heavy (non-hydrogen) atoms. The van der Waals surface area contributed by atoms with Crippen LogP contribution in [0.15, 0.2) is 29.3 Å². The number of nitrogens with zero attached hydrogens (tertiary/aromatic N) is 1. The first-order valence-corrected chi connectivity index (χ1v) is 10.1. The van der Waals surface area contributed by atoms with Gasteiger partial charge in [-0.15, -0.1) is 24.0 Å². The Labute approximate surface area is 186 Å². The molecule has 0 aliphatic carbocycles. The normalized spacial score (nSPS) is 17.7. The molecule has 7 heteroatoms. The summed E-state index contributed by atoms with van der Waals surface area (Å²) < 4.78 is 17.0. The molecule has 2 N–H and O–H groups in total. The highest BCUT2D eigenvalue weighted by molar-refractivity contribution is 14.0. The van der Waals surface area contributed by atoms with Gasteiger partial charge in [-0.3, -0.25) is 0 Å². The summed E-state index contributed by atoms with van der Waals surface area (Å²) >= 11 is 0. The number of halogens is 1. The SMILES string of the molecule is CCNC(=NCC(C)Oc1cccc(C)c1)NCCCOCC1CCOC1.I. The molecule has 0 aromatic heterocycles. The molecule has 1 fully saturated rings. The number of guanidine groups is 1. The van der Waals surface area contributed by atoms with E-state index < -0.39 is 0 Å². The lowest BCUT2D eigenvalue weighted by atomic mass is 10.1. The Balaban J connectivity index is 0.00000392. The molecular weight excluding hydrogens is 469 g/mol. The fraction of sp³-hybridized carbons (Fsp3) is 0.667. The Morgan fingerprint density at radius 3 is 2.93 bits per heavy atom. The molecule has 0 saturated carbocycles. The minimum absolute atomic E-state index is 0. The number of hydrogen-bond acceptors (Lipinski definition) is 4. The number of rotatable bonds is 11. The van der Waals surface area contributed by atoms with Gasteiger partial charge in [0.05, 0.1) is 19.8 Å². The molecule has 1 heterocycles. The lowest BCUT2D eigenvalue weighted by Crippen LogP contribution is -2.38. The van der Waals surface area contributed by atoms with E-state index in [2.05, 4.69) is 35.5 Å². The standard InChI is InChI=1S/C21H35N3O3.HI/c1-4-22-21(23-10-6-11-25-15-19-9-12-26-16-19)24-14-18(3)27-20-8-5-7-17(2)13-20;/h5,7-8,13,18-19H,4,6,9-12,14-16H2,1-3H3,(H2,22,23,24);1H. The van der Waals surface area contributed by atoms with Gasteiger partial charge < -0.3 is 24.8 Å². The third kappa shape index (κ3) is 10.5. The largest absolute Gasteiger partial charge is 0.489 e. The van der Waals surface area contributed by atoms with Crippen LogP contribution in [0.25, 0.3) is 0 Å². The molecule has 1 aliphatic rings. The Morgan fingerprint density at radius 1 is 1.36 bits per heavy atom. The van der Waals surface area contributed by atoms with Crippen molar-refractivity contribution >= 4 is 29.9 Å². The van der Waals surface area contributed by atoms with E-state index in [0.29, 0.717) is 12.5 Å². The van der Waals surface area contributed by atoms with E-state index >= 15 is 0 Å². The summed E-state index contributed by atoms with van der Waals surface area (Å²) in [6, 6.07) is 8.10. The van der Waals surface area contributed by atoms with Crippen molar-refractivity contribution in [2.24, 2.45) is 10.9 Å². The molecule has 0 amide bonds. The summed E-state index contributed by atoms with van der Waals surface area (Å²) in [5, 5.41) is 6.63. The van der Waals surface area contributed by atoms with Crippen LogP contribution in [0.3, 0.4) is 0 Å². The third-order valence-electron chi connectivity index (χ3n) is 4.31. The first-order valence-electron chi connectivity index (χ1n) is 10.1. The van der Waals surface area contributed by atoms with Crippen LogP contribution < -0.4 is 15.4 Å². The van der Waals surface area contributed by atoms with Crippen LogP contribution in [0.1, 0.15) is 32.3 Å². The fourth-order valence-electron chi connectivity index (χ4n) is 2.87. The van der Waals surface area contributed by atoms with Gasteiger partial charge in [0.15, 0.2) is 5.96 Å². The molecule has 1 aliphatic heterocycles. The molecule has 0 radical (unpaired) electrons. The first-order chi connectivity index (χ1) is 13.2. The van der Waals surface area contributed by atoms with Crippen molar-refractivity contribution in [1.82, 2.24) is 10.6 Å². The number of aliphatic imine (C=N–C) groups is 1. The zero-order valence-electron chi connectivity index (χ0n) is 17.4. The van der Waals surface area contributed by atoms with Crippen LogP contribution in [-0.4, -0.2) is 58.1 Å². The lowest BCUT2D eigenvalue weighted by Gasteiger charge is -2.15. The maximum absolute atomic E-state index is 5.94. The highest BCUT2D eigenvalue weighted by atomic mass is 127. The van der Waals surface area contributed by atoms with Crippen molar-refractivity contribution < 1.29 is 14.2 Å². The topological polar surface area (TPSA) is 64.1 Å². The van der Waals surface area contributed by atoms with Gasteiger partial charge in [0, 0.05) is 32.2 Å². The summed E-state index contributed by atoms with van der Waals surface area (Å²) in [6.07, 6.45) is 2.09. The number of hydrogen-bond donors (Lipinski definition) is 2. The van der Waals surface area contributed by atoms with Crippen molar-refractivity contribution in [3.8, 4) is 5.75 Å². The van der Waals surface area contributed by atoms with E-state index in [1.54, 1.807) is 0 Å². The summed E-state index contributed by atoms with van der Waals surface area (Å²) in [5.74, 6) is 2.29. The number of nitrogens with one attached hydrogen (secondary N) is 2. The predicted molar refractivity (Wildman–Crippen MR) is 125 cm³/mol. The van der Waals surface area contributed by atoms with Gasteiger partial charge in [-0.2, -0.15) is 0 Å². The van der Waals surface area contributed by atoms with Gasteiger partial charge >= 0.3 is 0 Å². The number of aryl methyl sites for hydroxylation is 1. The zero-order chi connectivity index (χ0) is 19.3. The quantitative estimate of drug-likeness (QED) is 0.209. The second-order valence-electron chi connectivity index (χ2n) is 7.05. The predicted octanol–water partition coefficient (Wildman–Crippen LogP) is 3.38. The molecular formula is C21H36IN3O3. The van der Waals surface area contributed by atoms with Gasteiger partial charge in [0.25, 0.3) is 0 Å². The van der Waals surface area contributed by atoms with Crippen LogP contribution in [0.5, 0.6) is 5.75 Å². The Hall–Kier alpha value is -1.06. The van der Waals surface area contributed by atoms with Crippen LogP contribution in [-0.2, 0) is 9.47 Å². The fourth-order valence-corrected chi connectivity index (χ4v) is 2.87. The molecule has 2 rings (SSSR count). The van der Waals surface area contributed by atoms with Gasteiger partial charge in [0.2, 0.25) is 0 Å². The van der Waals surface area contributed by atoms with Crippen LogP contribution >= 0.6 is 24.0 Å². The summed E-state index contributed by atoms with van der Waals surface area (Å²) in [6.45, 7) is 11.7. The van der Waals surface area contributed by atoms with Crippen LogP contribution in [0.2, 0.25) is 0 Å². The van der Waals surface area contributed by atoms with Crippen molar-refractivity contribution in [3.63, 3.8) is 0 Å². The molecule has 6 nitrogen and oxygen atoms in total. The average molecular weight is 505 g/mol. The van der Waals surface area contributed by atoms with E-state index in [1.807, 2.05) is 25.1 Å². The first kappa shape index (κ1) is 25.0. The second-order valence-corrected chi connectivity index (χ2v) is 7.05. The Morgan fingerprint density at radius 2 is 2.21 bits per heavy atom. The van der Waals surface area contributed by atoms with Crippen molar-refractivity contribution in [3.05, 3.63) is 29.8 Å². The molecule has 0 bridgehead atoms. The molecule has 1 aromatic rings. The minimum Gasteiger partial charge on any atom is -0.489 e. The van der Waals surface area contributed by atoms with Gasteiger partial charge in [-0.1, -0.05) is 12.1 Å². The van der Waals surface area contributed by atoms with Gasteiger partial charge in [-0.25, -0.2) is 4.99 Å². The maximum atomic E-state index is 5.94. The third-order valence-corrected chi connectivity index (χ3v) is 4.31. The second kappa shape index (κ2) is 14.9. The summed E-state index contributed by atoms with van der Waals surface area (Å²) in [7, 11) is 0. The summed E-state index contributed by atoms with van der Waals surface area (Å²) in [5.41, 5.74) is 1.20. The maximum Gasteiger partial charge on any atom is 0.191 e. The molecule has 0 spiro atoms. The monoisotopic (exact) mass is 505 g/mol. The Bertz CT molecular complexity index is 566. The number of ether oxygens (including phenoxy) is 3. The average Bonchev–Trinajstić information content (AvgIpc) is 3.16. The minimum atomic E-state index is 0. The van der Waals surface area contributed by atoms with E-state index in [4.69, 9.17) is 14.2 Å². The van der Waals surface area contributed by atoms with Crippen molar-refractivity contribution in [2.75, 3.05) is 46.1 Å². The molecule has 1 saturated heterocycles. The Kier molecular flexibility index (Phi) is 13.3. The van der Waals surface area contributed by atoms with E-state index in [9.17, 15) is 0 Å². The van der Waals surface area contributed by atoms with E-state index in [-0.39, 0.29) is 30.1 Å². The van der Waals surface area contributed by atoms with Crippen molar-refractivity contribution in [2.45, 2.75) is 39.7 Å². The number of benzene rings is 1. The van der Waals surface area contributed by atoms with E-state index in [0.717, 1.165) is 64.1 Å². The van der Waals surface area contributed by atoms with Crippen LogP contribution in [0, 0.1) is 12.8 Å². The molecule has 2 atom stereocenters. The molecule has 2 unspecified atom stereocenters. The molecule has 160 valence electrons. The zero-order valence-corrected chi connectivity index (χ0v) is 19.7. The highest BCUT2D eigenvalue weighted by Crippen LogP contribution is 2.14. The van der Waals surface area contributed by atoms with Crippen LogP contribution in [0.4, 0.5) is 0 Å². The van der Waals surface area contributed by atoms with Gasteiger partial charge in [-0.05, 0) is 51.3 Å². The highest BCUT2D eigenvalue weighted by Gasteiger charge is 2.15. The summed E-state index contributed by atoms with van der Waals surface area (Å²) in [4.78, 5) is 4.62. The smallest absolute Gasteiger partial charge is 0.191 e. The van der Waals surface area contributed by atoms with Crippen molar-refractivity contribution in [1.29, 1.82) is 0 Å². The van der Waals surface area contributed by atoms with Gasteiger partial charge in [0.1, 0.15) is 11.9 Å². The lowest BCUT2D eigenvalue weighted by molar-refractivity contribution is 0.0888. The van der Waals surface area contributed by atoms with E-state index in [1.165, 1.54) is 5.56 Å². The molecule has 1 aromatic carbocycles.